The smallest absolute Gasteiger partial charge is 0.231 e. The molecule has 0 bridgehead atoms. The van der Waals surface area contributed by atoms with Crippen LogP contribution in [-0.4, -0.2) is 62.2 Å². The Balaban J connectivity index is 1.39. The third kappa shape index (κ3) is 3.95. The Morgan fingerprint density at radius 2 is 2.23 bits per heavy atom. The topological polar surface area (TPSA) is 69.3 Å². The predicted octanol–water partition coefficient (Wildman–Crippen LogP) is 1.30. The highest BCUT2D eigenvalue weighted by Crippen LogP contribution is 2.35. The number of carbonyl (C=O) groups excluding carboxylic acids is 1. The summed E-state index contributed by atoms with van der Waals surface area (Å²) in [7, 11) is 0. The lowest BCUT2D eigenvalue weighted by atomic mass is 9.99. The fourth-order valence-electron chi connectivity index (χ4n) is 3.94. The number of fused-ring (bicyclic) bond motifs is 1. The number of carbonyl (C=O) groups is 1. The third-order valence-corrected chi connectivity index (χ3v) is 5.19. The zero-order valence-electron chi connectivity index (χ0n) is 15.2. The molecule has 2 saturated heterocycles. The summed E-state index contributed by atoms with van der Waals surface area (Å²) in [4.78, 5) is 13.5. The number of nitrogens with one attached hydrogen (secondary N) is 1. The van der Waals surface area contributed by atoms with Gasteiger partial charge in [0.25, 0.3) is 0 Å². The van der Waals surface area contributed by atoms with Gasteiger partial charge in [-0.2, -0.15) is 0 Å². The van der Waals surface area contributed by atoms with E-state index in [4.69, 9.17) is 18.9 Å². The molecule has 2 atom stereocenters. The molecule has 0 aliphatic carbocycles. The molecule has 1 spiro atoms. The Labute approximate surface area is 153 Å². The summed E-state index contributed by atoms with van der Waals surface area (Å²) in [5.74, 6) is 1.61. The SMILES string of the molecule is CC(=O)NCC1CCC2(COCCN(Cc3ccc4c(c3)OCO4)C2)O1. The monoisotopic (exact) mass is 362 g/mol. The molecule has 26 heavy (non-hydrogen) atoms. The molecule has 1 amide bonds. The second-order valence-corrected chi connectivity index (χ2v) is 7.35. The third-order valence-electron chi connectivity index (χ3n) is 5.19. The van der Waals surface area contributed by atoms with E-state index in [0.29, 0.717) is 26.6 Å². The second-order valence-electron chi connectivity index (χ2n) is 7.35. The standard InChI is InChI=1S/C19H26N2O5/c1-14(22)20-9-16-4-5-19(26-16)11-21(6-7-23-12-19)10-15-2-3-17-18(8-15)25-13-24-17/h2-3,8,16H,4-7,9-13H2,1H3,(H,20,22). The van der Waals surface area contributed by atoms with Gasteiger partial charge in [0.05, 0.1) is 19.3 Å². The maximum atomic E-state index is 11.1. The molecule has 2 fully saturated rings. The molecule has 7 heteroatoms. The molecular weight excluding hydrogens is 336 g/mol. The highest BCUT2D eigenvalue weighted by Gasteiger charge is 2.43. The van der Waals surface area contributed by atoms with Crippen LogP contribution in [0.3, 0.4) is 0 Å². The lowest BCUT2D eigenvalue weighted by Gasteiger charge is -2.32. The fourth-order valence-corrected chi connectivity index (χ4v) is 3.94. The Morgan fingerprint density at radius 3 is 3.12 bits per heavy atom. The van der Waals surface area contributed by atoms with Crippen LogP contribution < -0.4 is 14.8 Å². The molecule has 4 rings (SSSR count). The number of rotatable bonds is 4. The number of nitrogens with zero attached hydrogens (tertiary/aromatic N) is 1. The zero-order chi connectivity index (χ0) is 18.0. The average Bonchev–Trinajstić information content (AvgIpc) is 3.18. The van der Waals surface area contributed by atoms with Gasteiger partial charge >= 0.3 is 0 Å². The maximum Gasteiger partial charge on any atom is 0.231 e. The van der Waals surface area contributed by atoms with Crippen LogP contribution >= 0.6 is 0 Å². The van der Waals surface area contributed by atoms with Crippen molar-refractivity contribution in [3.05, 3.63) is 23.8 Å². The summed E-state index contributed by atoms with van der Waals surface area (Å²) in [5.41, 5.74) is 0.912. The molecule has 0 radical (unpaired) electrons. The molecule has 142 valence electrons. The molecule has 7 nitrogen and oxygen atoms in total. The van der Waals surface area contributed by atoms with Gasteiger partial charge in [-0.15, -0.1) is 0 Å². The van der Waals surface area contributed by atoms with Gasteiger partial charge in [-0.3, -0.25) is 9.69 Å². The molecule has 3 aliphatic rings. The highest BCUT2D eigenvalue weighted by atomic mass is 16.7. The number of benzene rings is 1. The van der Waals surface area contributed by atoms with Crippen molar-refractivity contribution in [3.8, 4) is 11.5 Å². The van der Waals surface area contributed by atoms with Gasteiger partial charge in [-0.1, -0.05) is 6.07 Å². The van der Waals surface area contributed by atoms with Crippen molar-refractivity contribution in [2.24, 2.45) is 0 Å². The van der Waals surface area contributed by atoms with Crippen molar-refractivity contribution in [3.63, 3.8) is 0 Å². The number of ether oxygens (including phenoxy) is 4. The predicted molar refractivity (Wildman–Crippen MR) is 94.2 cm³/mol. The minimum Gasteiger partial charge on any atom is -0.454 e. The summed E-state index contributed by atoms with van der Waals surface area (Å²) >= 11 is 0. The van der Waals surface area contributed by atoms with Crippen LogP contribution in [0, 0.1) is 0 Å². The number of hydrogen-bond donors (Lipinski definition) is 1. The zero-order valence-corrected chi connectivity index (χ0v) is 15.2. The van der Waals surface area contributed by atoms with Crippen LogP contribution in [0.4, 0.5) is 0 Å². The first-order chi connectivity index (χ1) is 12.6. The van der Waals surface area contributed by atoms with E-state index in [1.165, 1.54) is 12.5 Å². The first-order valence-electron chi connectivity index (χ1n) is 9.23. The van der Waals surface area contributed by atoms with Gasteiger partial charge in [0.2, 0.25) is 12.7 Å². The lowest BCUT2D eigenvalue weighted by Crippen LogP contribution is -2.45. The normalized spacial score (nSPS) is 28.3. The summed E-state index contributed by atoms with van der Waals surface area (Å²) < 4.78 is 23.1. The van der Waals surface area contributed by atoms with E-state index in [1.54, 1.807) is 0 Å². The summed E-state index contributed by atoms with van der Waals surface area (Å²) in [6.07, 6.45) is 1.96. The van der Waals surface area contributed by atoms with Crippen molar-refractivity contribution in [2.45, 2.75) is 38.0 Å². The Hall–Kier alpha value is -1.83. The molecule has 2 unspecified atom stereocenters. The van der Waals surface area contributed by atoms with Crippen molar-refractivity contribution in [1.82, 2.24) is 10.2 Å². The van der Waals surface area contributed by atoms with Crippen molar-refractivity contribution >= 4 is 5.91 Å². The van der Waals surface area contributed by atoms with Crippen molar-refractivity contribution in [2.75, 3.05) is 39.6 Å². The Morgan fingerprint density at radius 1 is 1.35 bits per heavy atom. The lowest BCUT2D eigenvalue weighted by molar-refractivity contribution is -0.121. The van der Waals surface area contributed by atoms with E-state index in [-0.39, 0.29) is 17.6 Å². The van der Waals surface area contributed by atoms with Gasteiger partial charge in [-0.05, 0) is 30.5 Å². The minimum atomic E-state index is -0.282. The minimum absolute atomic E-state index is 0.0175. The summed E-state index contributed by atoms with van der Waals surface area (Å²) in [5, 5.41) is 2.86. The van der Waals surface area contributed by atoms with Crippen LogP contribution in [0.25, 0.3) is 0 Å². The van der Waals surface area contributed by atoms with E-state index in [0.717, 1.165) is 44.0 Å². The molecule has 3 heterocycles. The second kappa shape index (κ2) is 7.42. The van der Waals surface area contributed by atoms with Crippen LogP contribution in [0.2, 0.25) is 0 Å². The average molecular weight is 362 g/mol. The number of amides is 1. The van der Waals surface area contributed by atoms with E-state index >= 15 is 0 Å². The molecule has 0 aromatic heterocycles. The van der Waals surface area contributed by atoms with Crippen LogP contribution in [0.15, 0.2) is 18.2 Å². The van der Waals surface area contributed by atoms with E-state index in [1.807, 2.05) is 6.07 Å². The molecule has 0 saturated carbocycles. The largest absolute Gasteiger partial charge is 0.454 e. The van der Waals surface area contributed by atoms with Gasteiger partial charge in [0.1, 0.15) is 5.60 Å². The van der Waals surface area contributed by atoms with Crippen LogP contribution in [-0.2, 0) is 20.8 Å². The maximum absolute atomic E-state index is 11.1. The highest BCUT2D eigenvalue weighted by molar-refractivity contribution is 5.72. The first-order valence-corrected chi connectivity index (χ1v) is 9.23. The fraction of sp³-hybridized carbons (Fsp3) is 0.632. The van der Waals surface area contributed by atoms with Gasteiger partial charge < -0.3 is 24.3 Å². The van der Waals surface area contributed by atoms with Gasteiger partial charge in [-0.25, -0.2) is 0 Å². The van der Waals surface area contributed by atoms with Gasteiger partial charge in [0.15, 0.2) is 11.5 Å². The van der Waals surface area contributed by atoms with Gasteiger partial charge in [0, 0.05) is 33.1 Å². The van der Waals surface area contributed by atoms with E-state index in [9.17, 15) is 4.79 Å². The molecule has 1 aromatic carbocycles. The Bertz CT molecular complexity index is 667. The molecule has 3 aliphatic heterocycles. The molecule has 1 N–H and O–H groups in total. The van der Waals surface area contributed by atoms with E-state index in [2.05, 4.69) is 22.3 Å². The molecule has 1 aromatic rings. The molecular formula is C19H26N2O5. The number of hydrogen-bond acceptors (Lipinski definition) is 6. The summed E-state index contributed by atoms with van der Waals surface area (Å²) in [6, 6.07) is 6.11. The quantitative estimate of drug-likeness (QED) is 0.871. The van der Waals surface area contributed by atoms with Crippen molar-refractivity contribution < 1.29 is 23.7 Å². The first kappa shape index (κ1) is 17.6. The van der Waals surface area contributed by atoms with E-state index < -0.39 is 0 Å². The van der Waals surface area contributed by atoms with Crippen LogP contribution in [0.5, 0.6) is 11.5 Å². The van der Waals surface area contributed by atoms with Crippen LogP contribution in [0.1, 0.15) is 25.3 Å². The summed E-state index contributed by atoms with van der Waals surface area (Å²) in [6.45, 7) is 6.23. The van der Waals surface area contributed by atoms with Crippen molar-refractivity contribution in [1.29, 1.82) is 0 Å². The Kier molecular flexibility index (Phi) is 5.02.